The van der Waals surface area contributed by atoms with Crippen LogP contribution in [-0.2, 0) is 9.53 Å². The van der Waals surface area contributed by atoms with E-state index in [-0.39, 0.29) is 11.9 Å². The molecule has 1 amide bonds. The summed E-state index contributed by atoms with van der Waals surface area (Å²) in [6.45, 7) is 5.53. The van der Waals surface area contributed by atoms with Crippen molar-refractivity contribution in [2.75, 3.05) is 12.4 Å². The highest BCUT2D eigenvalue weighted by molar-refractivity contribution is 6.00. The van der Waals surface area contributed by atoms with E-state index in [1.165, 1.54) is 13.2 Å². The lowest BCUT2D eigenvalue weighted by atomic mass is 10.1. The predicted molar refractivity (Wildman–Crippen MR) is 70.6 cm³/mol. The van der Waals surface area contributed by atoms with E-state index < -0.39 is 0 Å². The number of hydrogen-bond donors (Lipinski definition) is 1. The molecular weight excluding hydrogens is 230 g/mol. The number of ether oxygens (including phenoxy) is 1. The van der Waals surface area contributed by atoms with Crippen molar-refractivity contribution in [3.63, 3.8) is 0 Å². The Hall–Kier alpha value is -2.10. The fourth-order valence-corrected chi connectivity index (χ4v) is 1.48. The average Bonchev–Trinajstić information content (AvgIpc) is 2.29. The van der Waals surface area contributed by atoms with Crippen LogP contribution in [0.1, 0.15) is 29.8 Å². The van der Waals surface area contributed by atoms with Crippen molar-refractivity contribution in [1.29, 1.82) is 0 Å². The van der Waals surface area contributed by atoms with Crippen LogP contribution in [0, 0.1) is 6.92 Å². The summed E-state index contributed by atoms with van der Waals surface area (Å²) in [5.74, 6) is -0.566. The highest BCUT2D eigenvalue weighted by Gasteiger charge is 2.08. The van der Waals surface area contributed by atoms with Crippen molar-refractivity contribution in [3.05, 3.63) is 41.0 Å². The molecule has 0 aliphatic heterocycles. The number of rotatable bonds is 3. The van der Waals surface area contributed by atoms with Gasteiger partial charge in [-0.3, -0.25) is 4.79 Å². The Balaban J connectivity index is 2.90. The topological polar surface area (TPSA) is 55.4 Å². The molecule has 0 unspecified atom stereocenters. The standard InChI is InChI=1S/C14H17NO3/c1-9(2)7-13(16)15-12-6-5-11(8-10(12)3)14(17)18-4/h5-8H,1-4H3,(H,15,16). The molecule has 0 atom stereocenters. The predicted octanol–water partition coefficient (Wildman–Crippen LogP) is 2.69. The third-order valence-electron chi connectivity index (χ3n) is 2.33. The number of carbonyl (C=O) groups excluding carboxylic acids is 2. The molecule has 0 bridgehead atoms. The number of carbonyl (C=O) groups is 2. The Morgan fingerprint density at radius 3 is 2.44 bits per heavy atom. The van der Waals surface area contributed by atoms with Gasteiger partial charge in [-0.2, -0.15) is 0 Å². The molecule has 1 rings (SSSR count). The van der Waals surface area contributed by atoms with E-state index in [0.29, 0.717) is 11.3 Å². The van der Waals surface area contributed by atoms with Gasteiger partial charge in [-0.05, 0) is 44.5 Å². The highest BCUT2D eigenvalue weighted by atomic mass is 16.5. The van der Waals surface area contributed by atoms with Crippen LogP contribution >= 0.6 is 0 Å². The van der Waals surface area contributed by atoms with Gasteiger partial charge in [0.25, 0.3) is 0 Å². The lowest BCUT2D eigenvalue weighted by Crippen LogP contribution is -2.10. The van der Waals surface area contributed by atoms with Gasteiger partial charge >= 0.3 is 5.97 Å². The van der Waals surface area contributed by atoms with Crippen molar-refractivity contribution in [1.82, 2.24) is 0 Å². The number of esters is 1. The van der Waals surface area contributed by atoms with Crippen LogP contribution in [0.2, 0.25) is 0 Å². The van der Waals surface area contributed by atoms with Crippen LogP contribution in [0.3, 0.4) is 0 Å². The number of benzene rings is 1. The number of hydrogen-bond acceptors (Lipinski definition) is 3. The fourth-order valence-electron chi connectivity index (χ4n) is 1.48. The highest BCUT2D eigenvalue weighted by Crippen LogP contribution is 2.17. The summed E-state index contributed by atoms with van der Waals surface area (Å²) in [4.78, 5) is 22.9. The molecular formula is C14H17NO3. The second-order valence-corrected chi connectivity index (χ2v) is 4.23. The zero-order chi connectivity index (χ0) is 13.7. The summed E-state index contributed by atoms with van der Waals surface area (Å²) in [7, 11) is 1.34. The summed E-state index contributed by atoms with van der Waals surface area (Å²) in [5.41, 5.74) is 2.89. The molecule has 0 fully saturated rings. The molecule has 0 saturated carbocycles. The average molecular weight is 247 g/mol. The minimum absolute atomic E-state index is 0.177. The first-order valence-corrected chi connectivity index (χ1v) is 5.59. The van der Waals surface area contributed by atoms with Gasteiger partial charge in [0.05, 0.1) is 12.7 Å². The Morgan fingerprint density at radius 1 is 1.28 bits per heavy atom. The Morgan fingerprint density at radius 2 is 1.94 bits per heavy atom. The van der Waals surface area contributed by atoms with Crippen LogP contribution in [0.25, 0.3) is 0 Å². The first-order chi connectivity index (χ1) is 8.43. The monoisotopic (exact) mass is 247 g/mol. The third-order valence-corrected chi connectivity index (χ3v) is 2.33. The molecule has 1 aromatic carbocycles. The minimum Gasteiger partial charge on any atom is -0.465 e. The van der Waals surface area contributed by atoms with E-state index in [1.807, 2.05) is 20.8 Å². The molecule has 0 spiro atoms. The summed E-state index contributed by atoms with van der Waals surface area (Å²) in [6, 6.07) is 5.00. The Bertz CT molecular complexity index is 500. The SMILES string of the molecule is COC(=O)c1ccc(NC(=O)C=C(C)C)c(C)c1. The maximum absolute atomic E-state index is 11.6. The molecule has 0 radical (unpaired) electrons. The molecule has 0 aromatic heterocycles. The summed E-state index contributed by atoms with van der Waals surface area (Å²) < 4.78 is 4.63. The van der Waals surface area contributed by atoms with Crippen molar-refractivity contribution in [2.24, 2.45) is 0 Å². The maximum Gasteiger partial charge on any atom is 0.337 e. The third kappa shape index (κ3) is 3.73. The van der Waals surface area contributed by atoms with E-state index in [1.54, 1.807) is 18.2 Å². The smallest absolute Gasteiger partial charge is 0.337 e. The number of amides is 1. The van der Waals surface area contributed by atoms with E-state index >= 15 is 0 Å². The zero-order valence-electron chi connectivity index (χ0n) is 11.0. The van der Waals surface area contributed by atoms with Crippen molar-refractivity contribution < 1.29 is 14.3 Å². The lowest BCUT2D eigenvalue weighted by molar-refractivity contribution is -0.111. The summed E-state index contributed by atoms with van der Waals surface area (Å²) in [5, 5.41) is 2.76. The van der Waals surface area contributed by atoms with E-state index in [2.05, 4.69) is 10.1 Å². The van der Waals surface area contributed by atoms with Gasteiger partial charge in [0, 0.05) is 11.8 Å². The first-order valence-electron chi connectivity index (χ1n) is 5.59. The second-order valence-electron chi connectivity index (χ2n) is 4.23. The Labute approximate surface area is 107 Å². The summed E-state index contributed by atoms with van der Waals surface area (Å²) in [6.07, 6.45) is 1.52. The molecule has 1 N–H and O–H groups in total. The van der Waals surface area contributed by atoms with Crippen LogP contribution in [0.4, 0.5) is 5.69 Å². The molecule has 18 heavy (non-hydrogen) atoms. The largest absolute Gasteiger partial charge is 0.465 e. The van der Waals surface area contributed by atoms with Crippen molar-refractivity contribution in [2.45, 2.75) is 20.8 Å². The molecule has 0 aliphatic carbocycles. The fraction of sp³-hybridized carbons (Fsp3) is 0.286. The zero-order valence-corrected chi connectivity index (χ0v) is 11.0. The molecule has 4 nitrogen and oxygen atoms in total. The quantitative estimate of drug-likeness (QED) is 0.660. The summed E-state index contributed by atoms with van der Waals surface area (Å²) >= 11 is 0. The minimum atomic E-state index is -0.389. The van der Waals surface area contributed by atoms with Gasteiger partial charge in [0.2, 0.25) is 5.91 Å². The first kappa shape index (κ1) is 14.0. The van der Waals surface area contributed by atoms with Crippen LogP contribution in [-0.4, -0.2) is 19.0 Å². The maximum atomic E-state index is 11.6. The van der Waals surface area contributed by atoms with E-state index in [9.17, 15) is 9.59 Å². The van der Waals surface area contributed by atoms with Gasteiger partial charge in [-0.15, -0.1) is 0 Å². The number of aryl methyl sites for hydroxylation is 1. The van der Waals surface area contributed by atoms with Gasteiger partial charge in [0.15, 0.2) is 0 Å². The number of anilines is 1. The van der Waals surface area contributed by atoms with Crippen LogP contribution in [0.5, 0.6) is 0 Å². The van der Waals surface area contributed by atoms with E-state index in [0.717, 1.165) is 11.1 Å². The van der Waals surface area contributed by atoms with Crippen LogP contribution in [0.15, 0.2) is 29.8 Å². The molecule has 0 saturated heterocycles. The second kappa shape index (κ2) is 6.00. The van der Waals surface area contributed by atoms with Gasteiger partial charge < -0.3 is 10.1 Å². The molecule has 1 aromatic rings. The molecule has 4 heteroatoms. The van der Waals surface area contributed by atoms with Gasteiger partial charge in [-0.25, -0.2) is 4.79 Å². The van der Waals surface area contributed by atoms with Crippen LogP contribution < -0.4 is 5.32 Å². The number of allylic oxidation sites excluding steroid dienone is 1. The lowest BCUT2D eigenvalue weighted by Gasteiger charge is -2.08. The molecule has 96 valence electrons. The van der Waals surface area contributed by atoms with Gasteiger partial charge in [-0.1, -0.05) is 5.57 Å². The number of methoxy groups -OCH3 is 1. The van der Waals surface area contributed by atoms with Crippen molar-refractivity contribution in [3.8, 4) is 0 Å². The normalized spacial score (nSPS) is 9.56. The number of nitrogens with one attached hydrogen (secondary N) is 1. The van der Waals surface area contributed by atoms with Crippen molar-refractivity contribution >= 4 is 17.6 Å². The van der Waals surface area contributed by atoms with E-state index in [4.69, 9.17) is 0 Å². The molecule has 0 heterocycles. The molecule has 0 aliphatic rings. The Kier molecular flexibility index (Phi) is 4.66. The van der Waals surface area contributed by atoms with Gasteiger partial charge in [0.1, 0.15) is 0 Å².